The topological polar surface area (TPSA) is 90.1 Å². The molecule has 0 aliphatic heterocycles. The summed E-state index contributed by atoms with van der Waals surface area (Å²) >= 11 is 7.32. The first-order chi connectivity index (χ1) is 12.3. The molecule has 134 valence electrons. The van der Waals surface area contributed by atoms with E-state index in [2.05, 4.69) is 10.3 Å². The molecule has 0 saturated heterocycles. The SMILES string of the molecule is CC(Sc1nc2cc(Cl)ccc2n1C)C(=O)Nc1ccc([N+](=O)[O-])cc1. The van der Waals surface area contributed by atoms with E-state index in [1.165, 1.54) is 36.0 Å². The van der Waals surface area contributed by atoms with E-state index in [1.54, 1.807) is 19.1 Å². The third-order valence-electron chi connectivity index (χ3n) is 3.80. The predicted molar refractivity (Wildman–Crippen MR) is 103 cm³/mol. The Morgan fingerprint density at radius 2 is 2.00 bits per heavy atom. The number of aromatic nitrogens is 2. The van der Waals surface area contributed by atoms with E-state index in [4.69, 9.17) is 11.6 Å². The van der Waals surface area contributed by atoms with Crippen molar-refractivity contribution in [2.45, 2.75) is 17.3 Å². The number of thioether (sulfide) groups is 1. The van der Waals surface area contributed by atoms with Gasteiger partial charge in [0.1, 0.15) is 0 Å². The highest BCUT2D eigenvalue weighted by Gasteiger charge is 2.19. The average molecular weight is 391 g/mol. The van der Waals surface area contributed by atoms with Gasteiger partial charge in [0.05, 0.1) is 21.2 Å². The lowest BCUT2D eigenvalue weighted by Crippen LogP contribution is -2.22. The predicted octanol–water partition coefficient (Wildman–Crippen LogP) is 4.25. The second-order valence-electron chi connectivity index (χ2n) is 5.64. The summed E-state index contributed by atoms with van der Waals surface area (Å²) in [5.74, 6) is -0.214. The summed E-state index contributed by atoms with van der Waals surface area (Å²) in [7, 11) is 1.88. The maximum Gasteiger partial charge on any atom is 0.269 e. The van der Waals surface area contributed by atoms with Crippen LogP contribution in [0, 0.1) is 10.1 Å². The normalized spacial score (nSPS) is 12.1. The Hall–Kier alpha value is -2.58. The van der Waals surface area contributed by atoms with Gasteiger partial charge in [-0.3, -0.25) is 14.9 Å². The highest BCUT2D eigenvalue weighted by atomic mass is 35.5. The molecule has 0 aliphatic rings. The van der Waals surface area contributed by atoms with Crippen LogP contribution in [-0.4, -0.2) is 25.6 Å². The van der Waals surface area contributed by atoms with Gasteiger partial charge in [-0.25, -0.2) is 4.98 Å². The van der Waals surface area contributed by atoms with E-state index in [0.717, 1.165) is 11.0 Å². The molecule has 0 spiro atoms. The molecule has 26 heavy (non-hydrogen) atoms. The van der Waals surface area contributed by atoms with Crippen LogP contribution in [0.2, 0.25) is 5.02 Å². The van der Waals surface area contributed by atoms with Gasteiger partial charge in [0, 0.05) is 29.9 Å². The number of carbonyl (C=O) groups is 1. The van der Waals surface area contributed by atoms with Crippen LogP contribution in [0.3, 0.4) is 0 Å². The number of benzene rings is 2. The maximum atomic E-state index is 12.4. The number of halogens is 1. The third-order valence-corrected chi connectivity index (χ3v) is 5.18. The number of carbonyl (C=O) groups excluding carboxylic acids is 1. The van der Waals surface area contributed by atoms with Gasteiger partial charge in [-0.2, -0.15) is 0 Å². The van der Waals surface area contributed by atoms with Gasteiger partial charge in [0.2, 0.25) is 5.91 Å². The molecule has 1 unspecified atom stereocenters. The van der Waals surface area contributed by atoms with E-state index in [-0.39, 0.29) is 11.6 Å². The number of fused-ring (bicyclic) bond motifs is 1. The molecule has 1 N–H and O–H groups in total. The summed E-state index contributed by atoms with van der Waals surface area (Å²) in [5, 5.41) is 14.3. The van der Waals surface area contributed by atoms with Crippen LogP contribution in [0.4, 0.5) is 11.4 Å². The van der Waals surface area contributed by atoms with E-state index in [0.29, 0.717) is 15.9 Å². The van der Waals surface area contributed by atoms with Crippen LogP contribution in [-0.2, 0) is 11.8 Å². The van der Waals surface area contributed by atoms with Crippen molar-refractivity contribution >= 4 is 51.7 Å². The molecule has 0 bridgehead atoms. The van der Waals surface area contributed by atoms with Gasteiger partial charge in [-0.15, -0.1) is 0 Å². The zero-order valence-corrected chi connectivity index (χ0v) is 15.5. The fourth-order valence-electron chi connectivity index (χ4n) is 2.38. The summed E-state index contributed by atoms with van der Waals surface area (Å²) in [6.45, 7) is 1.78. The van der Waals surface area contributed by atoms with Gasteiger partial charge in [-0.1, -0.05) is 23.4 Å². The first kappa shape index (κ1) is 18.2. The molecular weight excluding hydrogens is 376 g/mol. The Morgan fingerprint density at radius 3 is 2.65 bits per heavy atom. The number of amides is 1. The number of hydrogen-bond acceptors (Lipinski definition) is 5. The second kappa shape index (κ2) is 7.35. The lowest BCUT2D eigenvalue weighted by Gasteiger charge is -2.11. The highest BCUT2D eigenvalue weighted by molar-refractivity contribution is 8.00. The minimum Gasteiger partial charge on any atom is -0.325 e. The quantitative estimate of drug-likeness (QED) is 0.399. The van der Waals surface area contributed by atoms with E-state index in [1.807, 2.05) is 17.7 Å². The third kappa shape index (κ3) is 3.81. The summed E-state index contributed by atoms with van der Waals surface area (Å²) in [5.41, 5.74) is 2.18. The summed E-state index contributed by atoms with van der Waals surface area (Å²) < 4.78 is 1.91. The number of nitro groups is 1. The highest BCUT2D eigenvalue weighted by Crippen LogP contribution is 2.28. The minimum atomic E-state index is -0.484. The summed E-state index contributed by atoms with van der Waals surface area (Å²) in [6, 6.07) is 11.2. The zero-order chi connectivity index (χ0) is 18.8. The Kier molecular flexibility index (Phi) is 5.15. The molecule has 3 aromatic rings. The summed E-state index contributed by atoms with van der Waals surface area (Å²) in [4.78, 5) is 27.1. The van der Waals surface area contributed by atoms with Gasteiger partial charge in [0.25, 0.3) is 5.69 Å². The number of non-ortho nitro benzene ring substituents is 1. The van der Waals surface area contributed by atoms with Crippen molar-refractivity contribution < 1.29 is 9.72 Å². The van der Waals surface area contributed by atoms with Crippen molar-refractivity contribution in [2.75, 3.05) is 5.32 Å². The number of imidazole rings is 1. The van der Waals surface area contributed by atoms with Crippen molar-refractivity contribution in [1.82, 2.24) is 9.55 Å². The minimum absolute atomic E-state index is 0.0243. The lowest BCUT2D eigenvalue weighted by atomic mass is 10.3. The fourth-order valence-corrected chi connectivity index (χ4v) is 3.43. The molecular formula is C17H15ClN4O3S. The lowest BCUT2D eigenvalue weighted by molar-refractivity contribution is -0.384. The van der Waals surface area contributed by atoms with Crippen LogP contribution < -0.4 is 5.32 Å². The molecule has 0 fully saturated rings. The van der Waals surface area contributed by atoms with Crippen molar-refractivity contribution in [3.63, 3.8) is 0 Å². The molecule has 0 aliphatic carbocycles. The number of rotatable bonds is 5. The first-order valence-corrected chi connectivity index (χ1v) is 8.95. The molecule has 1 heterocycles. The van der Waals surface area contributed by atoms with Crippen molar-refractivity contribution in [3.05, 3.63) is 57.6 Å². The van der Waals surface area contributed by atoms with E-state index in [9.17, 15) is 14.9 Å². The monoisotopic (exact) mass is 390 g/mol. The Morgan fingerprint density at radius 1 is 1.31 bits per heavy atom. The first-order valence-electron chi connectivity index (χ1n) is 7.69. The number of nitrogens with zero attached hydrogens (tertiary/aromatic N) is 3. The van der Waals surface area contributed by atoms with Crippen LogP contribution in [0.15, 0.2) is 47.6 Å². The van der Waals surface area contributed by atoms with Crippen LogP contribution in [0.25, 0.3) is 11.0 Å². The molecule has 7 nitrogen and oxygen atoms in total. The number of nitro benzene ring substituents is 1. The van der Waals surface area contributed by atoms with Gasteiger partial charge in [0.15, 0.2) is 5.16 Å². The second-order valence-corrected chi connectivity index (χ2v) is 7.38. The zero-order valence-electron chi connectivity index (χ0n) is 14.0. The van der Waals surface area contributed by atoms with E-state index < -0.39 is 10.2 Å². The largest absolute Gasteiger partial charge is 0.325 e. The Labute approximate surface area is 158 Å². The van der Waals surface area contributed by atoms with E-state index >= 15 is 0 Å². The molecule has 0 saturated carbocycles. The fraction of sp³-hybridized carbons (Fsp3) is 0.176. The van der Waals surface area contributed by atoms with Crippen LogP contribution in [0.5, 0.6) is 0 Å². The van der Waals surface area contributed by atoms with Gasteiger partial charge < -0.3 is 9.88 Å². The molecule has 1 atom stereocenters. The molecule has 3 rings (SSSR count). The average Bonchev–Trinajstić information content (AvgIpc) is 2.90. The van der Waals surface area contributed by atoms with Crippen molar-refractivity contribution in [1.29, 1.82) is 0 Å². The molecule has 2 aromatic carbocycles. The molecule has 1 amide bonds. The molecule has 0 radical (unpaired) electrons. The van der Waals surface area contributed by atoms with Crippen molar-refractivity contribution in [3.8, 4) is 0 Å². The van der Waals surface area contributed by atoms with Crippen LogP contribution >= 0.6 is 23.4 Å². The standard InChI is InChI=1S/C17H15ClN4O3S/c1-10(16(23)19-12-4-6-13(7-5-12)22(24)25)26-17-20-14-9-11(18)3-8-15(14)21(17)2/h3-10H,1-2H3,(H,19,23). The number of nitrogens with one attached hydrogen (secondary N) is 1. The smallest absolute Gasteiger partial charge is 0.269 e. The maximum absolute atomic E-state index is 12.4. The number of hydrogen-bond donors (Lipinski definition) is 1. The number of anilines is 1. The molecule has 9 heteroatoms. The van der Waals surface area contributed by atoms with Gasteiger partial charge >= 0.3 is 0 Å². The Bertz CT molecular complexity index is 988. The number of aryl methyl sites for hydroxylation is 1. The van der Waals surface area contributed by atoms with Gasteiger partial charge in [-0.05, 0) is 37.3 Å². The Balaban J connectivity index is 1.71. The molecule has 1 aromatic heterocycles. The van der Waals surface area contributed by atoms with Crippen LogP contribution in [0.1, 0.15) is 6.92 Å². The summed E-state index contributed by atoms with van der Waals surface area (Å²) in [6.07, 6.45) is 0. The van der Waals surface area contributed by atoms with Crippen molar-refractivity contribution in [2.24, 2.45) is 7.05 Å².